The summed E-state index contributed by atoms with van der Waals surface area (Å²) in [6.07, 6.45) is 1.87. The number of rotatable bonds is 5. The lowest BCUT2D eigenvalue weighted by Crippen LogP contribution is -2.46. The van der Waals surface area contributed by atoms with Gasteiger partial charge in [-0.3, -0.25) is 14.7 Å². The topological polar surface area (TPSA) is 59.5 Å². The van der Waals surface area contributed by atoms with Crippen LogP contribution in [-0.4, -0.2) is 30.0 Å². The number of hydrogen-bond acceptors (Lipinski definition) is 4. The molecule has 0 aliphatic heterocycles. The number of methoxy groups -OCH3 is 1. The molecule has 1 aromatic carbocycles. The molecule has 0 N–H and O–H groups in total. The van der Waals surface area contributed by atoms with Crippen molar-refractivity contribution in [2.24, 2.45) is 0 Å². The van der Waals surface area contributed by atoms with Gasteiger partial charge in [0.1, 0.15) is 11.7 Å². The van der Waals surface area contributed by atoms with Crippen LogP contribution in [0.4, 0.5) is 5.69 Å². The molecule has 0 fully saturated rings. The van der Waals surface area contributed by atoms with Gasteiger partial charge in [0.15, 0.2) is 0 Å². The second kappa shape index (κ2) is 7.74. The highest BCUT2D eigenvalue weighted by atomic mass is 35.5. The first-order valence-electron chi connectivity index (χ1n) is 7.16. The monoisotopic (exact) mass is 332 g/mol. The maximum Gasteiger partial charge on any atom is 0.328 e. The first kappa shape index (κ1) is 17.0. The van der Waals surface area contributed by atoms with Gasteiger partial charge in [-0.25, -0.2) is 4.79 Å². The number of benzene rings is 1. The third-order valence-electron chi connectivity index (χ3n) is 3.37. The van der Waals surface area contributed by atoms with Crippen molar-refractivity contribution in [2.75, 3.05) is 12.0 Å². The third kappa shape index (κ3) is 3.87. The number of halogens is 1. The van der Waals surface area contributed by atoms with Crippen LogP contribution in [0.5, 0.6) is 0 Å². The molecule has 0 saturated heterocycles. The Morgan fingerprint density at radius 2 is 1.96 bits per heavy atom. The summed E-state index contributed by atoms with van der Waals surface area (Å²) in [5.74, 6) is -0.886. The van der Waals surface area contributed by atoms with Crippen LogP contribution in [0, 0.1) is 0 Å². The maximum atomic E-state index is 12.9. The smallest absolute Gasteiger partial charge is 0.328 e. The SMILES string of the molecule is CCC(C(=O)OC)N(C(=O)c1cc(Cl)ccn1)c1ccccc1. The van der Waals surface area contributed by atoms with Gasteiger partial charge >= 0.3 is 5.97 Å². The van der Waals surface area contributed by atoms with Crippen LogP contribution in [0.1, 0.15) is 23.8 Å². The van der Waals surface area contributed by atoms with Gasteiger partial charge < -0.3 is 4.74 Å². The Morgan fingerprint density at radius 1 is 1.26 bits per heavy atom. The molecule has 0 bridgehead atoms. The predicted molar refractivity (Wildman–Crippen MR) is 88.6 cm³/mol. The van der Waals surface area contributed by atoms with E-state index in [-0.39, 0.29) is 5.69 Å². The normalized spacial score (nSPS) is 11.6. The van der Waals surface area contributed by atoms with Crippen molar-refractivity contribution in [3.05, 3.63) is 59.4 Å². The molecule has 0 radical (unpaired) electrons. The summed E-state index contributed by atoms with van der Waals surface area (Å²) in [6.45, 7) is 1.82. The average Bonchev–Trinajstić information content (AvgIpc) is 2.59. The summed E-state index contributed by atoms with van der Waals surface area (Å²) in [5, 5.41) is 0.405. The number of amides is 1. The first-order chi connectivity index (χ1) is 11.1. The van der Waals surface area contributed by atoms with E-state index in [1.54, 1.807) is 30.3 Å². The Labute approximate surface area is 139 Å². The quantitative estimate of drug-likeness (QED) is 0.788. The number of esters is 1. The molecule has 5 nitrogen and oxygen atoms in total. The van der Waals surface area contributed by atoms with Gasteiger partial charge in [-0.15, -0.1) is 0 Å². The van der Waals surface area contributed by atoms with E-state index in [1.807, 2.05) is 13.0 Å². The Kier molecular flexibility index (Phi) is 5.71. The van der Waals surface area contributed by atoms with Gasteiger partial charge in [0.25, 0.3) is 5.91 Å². The molecule has 2 rings (SSSR count). The molecule has 0 spiro atoms. The van der Waals surface area contributed by atoms with Gasteiger partial charge in [-0.1, -0.05) is 36.7 Å². The first-order valence-corrected chi connectivity index (χ1v) is 7.54. The fraction of sp³-hybridized carbons (Fsp3) is 0.235. The van der Waals surface area contributed by atoms with Crippen molar-refractivity contribution in [2.45, 2.75) is 19.4 Å². The van der Waals surface area contributed by atoms with Crippen molar-refractivity contribution >= 4 is 29.2 Å². The van der Waals surface area contributed by atoms with E-state index in [1.165, 1.54) is 24.3 Å². The lowest BCUT2D eigenvalue weighted by Gasteiger charge is -2.29. The van der Waals surface area contributed by atoms with Gasteiger partial charge in [0, 0.05) is 16.9 Å². The number of anilines is 1. The Balaban J connectivity index is 2.49. The second-order valence-corrected chi connectivity index (χ2v) is 5.25. The molecule has 1 aromatic heterocycles. The van der Waals surface area contributed by atoms with Crippen LogP contribution in [0.25, 0.3) is 0 Å². The number of para-hydroxylation sites is 1. The lowest BCUT2D eigenvalue weighted by atomic mass is 10.1. The van der Waals surface area contributed by atoms with E-state index < -0.39 is 17.9 Å². The highest BCUT2D eigenvalue weighted by molar-refractivity contribution is 6.31. The van der Waals surface area contributed by atoms with Crippen LogP contribution >= 0.6 is 11.6 Å². The molecule has 120 valence electrons. The Bertz CT molecular complexity index is 691. The standard InChI is InChI=1S/C17H17ClN2O3/c1-3-15(17(22)23-2)20(13-7-5-4-6-8-13)16(21)14-11-12(18)9-10-19-14/h4-11,15H,3H2,1-2H3. The van der Waals surface area contributed by atoms with E-state index in [2.05, 4.69) is 4.98 Å². The number of hydrogen-bond donors (Lipinski definition) is 0. The zero-order valence-corrected chi connectivity index (χ0v) is 13.7. The second-order valence-electron chi connectivity index (χ2n) is 4.82. The third-order valence-corrected chi connectivity index (χ3v) is 3.60. The van der Waals surface area contributed by atoms with Crippen molar-refractivity contribution < 1.29 is 14.3 Å². The minimum absolute atomic E-state index is 0.170. The van der Waals surface area contributed by atoms with E-state index in [0.717, 1.165) is 0 Å². The minimum Gasteiger partial charge on any atom is -0.467 e. The minimum atomic E-state index is -0.740. The highest BCUT2D eigenvalue weighted by Gasteiger charge is 2.31. The van der Waals surface area contributed by atoms with E-state index in [0.29, 0.717) is 17.1 Å². The number of nitrogens with zero attached hydrogens (tertiary/aromatic N) is 2. The van der Waals surface area contributed by atoms with E-state index >= 15 is 0 Å². The molecule has 1 amide bonds. The Hall–Kier alpha value is -2.40. The lowest BCUT2D eigenvalue weighted by molar-refractivity contribution is -0.142. The van der Waals surface area contributed by atoms with Crippen LogP contribution in [0.3, 0.4) is 0 Å². The fourth-order valence-electron chi connectivity index (χ4n) is 2.26. The molecule has 6 heteroatoms. The van der Waals surface area contributed by atoms with Crippen LogP contribution in [-0.2, 0) is 9.53 Å². The summed E-state index contributed by atoms with van der Waals surface area (Å²) in [7, 11) is 1.30. The van der Waals surface area contributed by atoms with Crippen LogP contribution in [0.2, 0.25) is 5.02 Å². The largest absolute Gasteiger partial charge is 0.467 e. The van der Waals surface area contributed by atoms with Crippen molar-refractivity contribution in [1.29, 1.82) is 0 Å². The molecule has 23 heavy (non-hydrogen) atoms. The molecule has 0 saturated carbocycles. The molecule has 2 aromatic rings. The maximum absolute atomic E-state index is 12.9. The molecule has 1 unspecified atom stereocenters. The average molecular weight is 333 g/mol. The molecular weight excluding hydrogens is 316 g/mol. The summed E-state index contributed by atoms with van der Waals surface area (Å²) in [5.41, 5.74) is 0.764. The molecule has 0 aliphatic carbocycles. The van der Waals surface area contributed by atoms with Crippen LogP contribution in [0.15, 0.2) is 48.7 Å². The number of carbonyl (C=O) groups excluding carboxylic acids is 2. The highest BCUT2D eigenvalue weighted by Crippen LogP contribution is 2.22. The van der Waals surface area contributed by atoms with E-state index in [4.69, 9.17) is 16.3 Å². The molecular formula is C17H17ClN2O3. The number of carbonyl (C=O) groups is 2. The van der Waals surface area contributed by atoms with Crippen molar-refractivity contribution in [1.82, 2.24) is 4.98 Å². The van der Waals surface area contributed by atoms with Crippen molar-refractivity contribution in [3.63, 3.8) is 0 Å². The predicted octanol–water partition coefficient (Wildman–Crippen LogP) is 3.33. The molecule has 0 aliphatic rings. The zero-order valence-electron chi connectivity index (χ0n) is 12.9. The summed E-state index contributed by atoms with van der Waals surface area (Å²) < 4.78 is 4.84. The molecule has 1 heterocycles. The van der Waals surface area contributed by atoms with Gasteiger partial charge in [-0.05, 0) is 30.7 Å². The number of aromatic nitrogens is 1. The molecule has 1 atom stereocenters. The Morgan fingerprint density at radius 3 is 2.52 bits per heavy atom. The van der Waals surface area contributed by atoms with Gasteiger partial charge in [0.2, 0.25) is 0 Å². The van der Waals surface area contributed by atoms with Gasteiger partial charge in [-0.2, -0.15) is 0 Å². The van der Waals surface area contributed by atoms with Gasteiger partial charge in [0.05, 0.1) is 7.11 Å². The number of pyridine rings is 1. The summed E-state index contributed by atoms with van der Waals surface area (Å²) in [6, 6.07) is 11.3. The fourth-order valence-corrected chi connectivity index (χ4v) is 2.42. The zero-order chi connectivity index (χ0) is 16.8. The number of ether oxygens (including phenoxy) is 1. The van der Waals surface area contributed by atoms with Crippen molar-refractivity contribution in [3.8, 4) is 0 Å². The summed E-state index contributed by atoms with van der Waals surface area (Å²) in [4.78, 5) is 30.5. The van der Waals surface area contributed by atoms with E-state index in [9.17, 15) is 9.59 Å². The summed E-state index contributed by atoms with van der Waals surface area (Å²) >= 11 is 5.94. The van der Waals surface area contributed by atoms with Crippen LogP contribution < -0.4 is 4.90 Å².